The van der Waals surface area contributed by atoms with Gasteiger partial charge in [-0.3, -0.25) is 9.80 Å². The number of nitrogens with two attached hydrogens (primary N) is 1. The molecule has 0 aliphatic heterocycles. The molecule has 0 fully saturated rings. The number of ether oxygens (including phenoxy) is 2. The molecule has 0 bridgehead atoms. The van der Waals surface area contributed by atoms with Gasteiger partial charge in [-0.15, -0.1) is 0 Å². The minimum atomic E-state index is -0.0573. The number of carbonyl (C=O) groups excluding carboxylic acids is 1. The molecule has 0 heterocycles. The number of benzene rings is 1. The summed E-state index contributed by atoms with van der Waals surface area (Å²) in [7, 11) is 4.79. The summed E-state index contributed by atoms with van der Waals surface area (Å²) in [5.74, 6) is 6.76. The van der Waals surface area contributed by atoms with Crippen LogP contribution in [-0.4, -0.2) is 32.2 Å². The van der Waals surface area contributed by atoms with Crippen molar-refractivity contribution in [2.45, 2.75) is 26.2 Å². The number of methoxy groups -OCH3 is 2. The van der Waals surface area contributed by atoms with Crippen LogP contribution in [-0.2, 0) is 11.2 Å². The van der Waals surface area contributed by atoms with Gasteiger partial charge in [0.25, 0.3) is 0 Å². The predicted molar refractivity (Wildman–Crippen MR) is 74.2 cm³/mol. The van der Waals surface area contributed by atoms with Gasteiger partial charge in [-0.25, -0.2) is 5.84 Å². The maximum atomic E-state index is 11.4. The predicted octanol–water partition coefficient (Wildman–Crippen LogP) is 1.67. The molecule has 5 nitrogen and oxygen atoms in total. The molecule has 1 aromatic carbocycles. The van der Waals surface area contributed by atoms with Gasteiger partial charge in [-0.05, 0) is 43.0 Å². The molecule has 1 rings (SSSR count). The summed E-state index contributed by atoms with van der Waals surface area (Å²) in [5.41, 5.74) is 2.29. The Bertz CT molecular complexity index is 445. The Kier molecular flexibility index (Phi) is 5.63. The third kappa shape index (κ3) is 4.13. The number of hydrazine groups is 1. The Hall–Kier alpha value is -1.75. The number of hydrogen-bond donors (Lipinski definition) is 1. The van der Waals surface area contributed by atoms with E-state index in [1.807, 2.05) is 19.1 Å². The smallest absolute Gasteiger partial charge is 0.236 e. The minimum Gasteiger partial charge on any atom is -0.493 e. The zero-order valence-corrected chi connectivity index (χ0v) is 12.0. The number of hydrogen-bond acceptors (Lipinski definition) is 4. The van der Waals surface area contributed by atoms with Crippen LogP contribution in [0.3, 0.4) is 0 Å². The third-order valence-electron chi connectivity index (χ3n) is 3.07. The van der Waals surface area contributed by atoms with Crippen molar-refractivity contribution in [2.75, 3.05) is 21.3 Å². The Morgan fingerprint density at radius 1 is 1.26 bits per heavy atom. The normalized spacial score (nSPS) is 10.2. The van der Waals surface area contributed by atoms with Crippen LogP contribution in [0.4, 0.5) is 0 Å². The van der Waals surface area contributed by atoms with E-state index in [1.54, 1.807) is 21.3 Å². The molecule has 0 aliphatic carbocycles. The summed E-state index contributed by atoms with van der Waals surface area (Å²) in [4.78, 5) is 11.4. The molecule has 19 heavy (non-hydrogen) atoms. The van der Waals surface area contributed by atoms with E-state index in [4.69, 9.17) is 15.3 Å². The Morgan fingerprint density at radius 3 is 2.37 bits per heavy atom. The van der Waals surface area contributed by atoms with Crippen molar-refractivity contribution in [3.63, 3.8) is 0 Å². The van der Waals surface area contributed by atoms with Crippen molar-refractivity contribution in [3.8, 4) is 11.5 Å². The van der Waals surface area contributed by atoms with Gasteiger partial charge in [0.05, 0.1) is 14.2 Å². The lowest BCUT2D eigenvalue weighted by molar-refractivity contribution is -0.130. The average Bonchev–Trinajstić information content (AvgIpc) is 2.39. The summed E-state index contributed by atoms with van der Waals surface area (Å²) in [5, 5.41) is 1.13. The van der Waals surface area contributed by atoms with Gasteiger partial charge in [0.15, 0.2) is 11.5 Å². The number of amides is 1. The second kappa shape index (κ2) is 6.99. The van der Waals surface area contributed by atoms with Crippen LogP contribution in [0, 0.1) is 6.92 Å². The molecule has 0 saturated carbocycles. The number of nitrogens with zero attached hydrogens (tertiary/aromatic N) is 1. The Balaban J connectivity index is 2.71. The monoisotopic (exact) mass is 266 g/mol. The van der Waals surface area contributed by atoms with Crippen LogP contribution in [0.25, 0.3) is 0 Å². The van der Waals surface area contributed by atoms with Gasteiger partial charge < -0.3 is 9.47 Å². The molecule has 0 spiro atoms. The zero-order valence-electron chi connectivity index (χ0n) is 12.0. The highest BCUT2D eigenvalue weighted by atomic mass is 16.5. The molecular formula is C14H22N2O3. The lowest BCUT2D eigenvalue weighted by Crippen LogP contribution is -2.32. The second-order valence-electron chi connectivity index (χ2n) is 4.49. The van der Waals surface area contributed by atoms with Crippen molar-refractivity contribution in [2.24, 2.45) is 5.84 Å². The van der Waals surface area contributed by atoms with E-state index in [2.05, 4.69) is 0 Å². The van der Waals surface area contributed by atoms with Gasteiger partial charge in [0.2, 0.25) is 5.91 Å². The van der Waals surface area contributed by atoms with Crippen LogP contribution < -0.4 is 15.3 Å². The van der Waals surface area contributed by atoms with Crippen LogP contribution in [0.1, 0.15) is 24.0 Å². The molecule has 106 valence electrons. The molecule has 0 saturated heterocycles. The Morgan fingerprint density at radius 2 is 1.84 bits per heavy atom. The second-order valence-corrected chi connectivity index (χ2v) is 4.49. The molecular weight excluding hydrogens is 244 g/mol. The van der Waals surface area contributed by atoms with Gasteiger partial charge in [0.1, 0.15) is 0 Å². The first kappa shape index (κ1) is 15.3. The summed E-state index contributed by atoms with van der Waals surface area (Å²) in [6.45, 7) is 2.02. The molecule has 0 aliphatic rings. The van der Waals surface area contributed by atoms with E-state index >= 15 is 0 Å². The lowest BCUT2D eigenvalue weighted by Gasteiger charge is -2.13. The van der Waals surface area contributed by atoms with Crippen LogP contribution in [0.15, 0.2) is 12.1 Å². The summed E-state index contributed by atoms with van der Waals surface area (Å²) >= 11 is 0. The van der Waals surface area contributed by atoms with Crippen molar-refractivity contribution in [3.05, 3.63) is 23.3 Å². The SMILES string of the molecule is COc1cc(C)c(CCCC(=O)N(C)N)cc1OC. The highest BCUT2D eigenvalue weighted by Crippen LogP contribution is 2.30. The maximum absolute atomic E-state index is 11.4. The van der Waals surface area contributed by atoms with Crippen molar-refractivity contribution in [1.82, 2.24) is 5.01 Å². The van der Waals surface area contributed by atoms with E-state index in [0.29, 0.717) is 12.2 Å². The van der Waals surface area contributed by atoms with Crippen molar-refractivity contribution in [1.29, 1.82) is 0 Å². The fourth-order valence-corrected chi connectivity index (χ4v) is 1.90. The molecule has 5 heteroatoms. The number of aryl methyl sites for hydroxylation is 2. The largest absolute Gasteiger partial charge is 0.493 e. The first-order valence-electron chi connectivity index (χ1n) is 6.22. The van der Waals surface area contributed by atoms with E-state index < -0.39 is 0 Å². The van der Waals surface area contributed by atoms with E-state index in [0.717, 1.165) is 34.7 Å². The van der Waals surface area contributed by atoms with E-state index in [9.17, 15) is 4.79 Å². The van der Waals surface area contributed by atoms with Crippen molar-refractivity contribution < 1.29 is 14.3 Å². The summed E-state index contributed by atoms with van der Waals surface area (Å²) < 4.78 is 10.5. The summed E-state index contributed by atoms with van der Waals surface area (Å²) in [6, 6.07) is 3.91. The molecule has 0 aromatic heterocycles. The van der Waals surface area contributed by atoms with E-state index in [1.165, 1.54) is 0 Å². The molecule has 1 amide bonds. The average molecular weight is 266 g/mol. The minimum absolute atomic E-state index is 0.0573. The third-order valence-corrected chi connectivity index (χ3v) is 3.07. The first-order chi connectivity index (χ1) is 8.99. The standard InChI is InChI=1S/C14H22N2O3/c1-10-8-12(18-3)13(19-4)9-11(10)6-5-7-14(17)16(2)15/h8-9H,5-7,15H2,1-4H3. The molecule has 0 unspecified atom stereocenters. The van der Waals surface area contributed by atoms with Crippen LogP contribution in [0.5, 0.6) is 11.5 Å². The molecule has 1 aromatic rings. The van der Waals surface area contributed by atoms with Crippen LogP contribution >= 0.6 is 0 Å². The topological polar surface area (TPSA) is 64.8 Å². The van der Waals surface area contributed by atoms with Crippen molar-refractivity contribution >= 4 is 5.91 Å². The van der Waals surface area contributed by atoms with Gasteiger partial charge in [-0.1, -0.05) is 0 Å². The molecule has 0 atom stereocenters. The summed E-state index contributed by atoms with van der Waals surface area (Å²) in [6.07, 6.45) is 2.02. The highest BCUT2D eigenvalue weighted by Gasteiger charge is 2.10. The number of carbonyl (C=O) groups is 1. The quantitative estimate of drug-likeness (QED) is 0.483. The fourth-order valence-electron chi connectivity index (χ4n) is 1.90. The fraction of sp³-hybridized carbons (Fsp3) is 0.500. The van der Waals surface area contributed by atoms with Gasteiger partial charge in [0, 0.05) is 13.5 Å². The number of rotatable bonds is 6. The molecule has 2 N–H and O–H groups in total. The maximum Gasteiger partial charge on any atom is 0.236 e. The first-order valence-corrected chi connectivity index (χ1v) is 6.22. The van der Waals surface area contributed by atoms with E-state index in [-0.39, 0.29) is 5.91 Å². The molecule has 0 radical (unpaired) electrons. The highest BCUT2D eigenvalue weighted by molar-refractivity contribution is 5.75. The Labute approximate surface area is 114 Å². The van der Waals surface area contributed by atoms with Gasteiger partial charge in [-0.2, -0.15) is 0 Å². The van der Waals surface area contributed by atoms with Gasteiger partial charge >= 0.3 is 0 Å². The zero-order chi connectivity index (χ0) is 14.4. The van der Waals surface area contributed by atoms with Crippen LogP contribution in [0.2, 0.25) is 0 Å². The lowest BCUT2D eigenvalue weighted by atomic mass is 10.0.